The number of aliphatic hydroxyl groups is 1. The second-order valence-corrected chi connectivity index (χ2v) is 7.78. The van der Waals surface area contributed by atoms with Crippen molar-refractivity contribution < 1.29 is 28.5 Å². The Balaban J connectivity index is 1.81. The first-order valence-corrected chi connectivity index (χ1v) is 10.9. The Morgan fingerprint density at radius 2 is 1.06 bits per heavy atom. The van der Waals surface area contributed by atoms with E-state index in [0.717, 1.165) is 16.7 Å². The summed E-state index contributed by atoms with van der Waals surface area (Å²) in [4.78, 5) is 12.0. The van der Waals surface area contributed by atoms with Crippen molar-refractivity contribution in [2.24, 2.45) is 0 Å². The molecule has 0 heterocycles. The normalized spacial score (nSPS) is 14.9. The van der Waals surface area contributed by atoms with Gasteiger partial charge < -0.3 is 19.3 Å². The fourth-order valence-corrected chi connectivity index (χ4v) is 3.45. The van der Waals surface area contributed by atoms with E-state index in [2.05, 4.69) is 0 Å². The molecular formula is C27H29FO5. The van der Waals surface area contributed by atoms with E-state index < -0.39 is 30.5 Å². The summed E-state index contributed by atoms with van der Waals surface area (Å²) in [5, 5.41) is 10.5. The minimum absolute atomic E-state index is 0.0115. The summed E-state index contributed by atoms with van der Waals surface area (Å²) < 4.78 is 31.9. The van der Waals surface area contributed by atoms with Crippen LogP contribution in [0.3, 0.4) is 0 Å². The number of rotatable bonds is 13. The van der Waals surface area contributed by atoms with Gasteiger partial charge in [0.1, 0.15) is 12.2 Å². The van der Waals surface area contributed by atoms with Crippen LogP contribution in [0.4, 0.5) is 4.39 Å². The second kappa shape index (κ2) is 13.0. The third-order valence-electron chi connectivity index (χ3n) is 5.16. The van der Waals surface area contributed by atoms with Crippen LogP contribution in [0.25, 0.3) is 0 Å². The maximum atomic E-state index is 14.3. The van der Waals surface area contributed by atoms with Crippen LogP contribution >= 0.6 is 0 Å². The molecule has 33 heavy (non-hydrogen) atoms. The average Bonchev–Trinajstić information content (AvgIpc) is 2.83. The number of carbonyl (C=O) groups is 1. The highest BCUT2D eigenvalue weighted by molar-refractivity contribution is 5.74. The van der Waals surface area contributed by atoms with Crippen molar-refractivity contribution >= 4 is 6.04 Å². The molecule has 0 bridgehead atoms. The first kappa shape index (κ1) is 24.7. The summed E-state index contributed by atoms with van der Waals surface area (Å²) in [6.45, 7) is 1.79. The Morgan fingerprint density at radius 3 is 1.42 bits per heavy atom. The van der Waals surface area contributed by atoms with Crippen LogP contribution in [-0.4, -0.2) is 35.6 Å². The summed E-state index contributed by atoms with van der Waals surface area (Å²) in [6.07, 6.45) is -4.79. The Kier molecular flexibility index (Phi) is 9.72. The smallest absolute Gasteiger partial charge is 0.332 e. The van der Waals surface area contributed by atoms with Crippen LogP contribution in [-0.2, 0) is 38.8 Å². The van der Waals surface area contributed by atoms with E-state index >= 15 is 0 Å². The maximum Gasteiger partial charge on any atom is 0.332 e. The Hall–Kier alpha value is -2.90. The zero-order valence-electron chi connectivity index (χ0n) is 18.5. The zero-order valence-corrected chi connectivity index (χ0v) is 18.5. The minimum atomic E-state index is -1.68. The third kappa shape index (κ3) is 7.87. The summed E-state index contributed by atoms with van der Waals surface area (Å²) in [7, 11) is 0. The quantitative estimate of drug-likeness (QED) is 0.384. The highest BCUT2D eigenvalue weighted by Crippen LogP contribution is 2.22. The molecule has 6 heteroatoms. The predicted molar refractivity (Wildman–Crippen MR) is 123 cm³/mol. The molecule has 0 radical (unpaired) electrons. The number of aliphatic hydroxyl groups excluding tert-OH is 1. The van der Waals surface area contributed by atoms with Crippen LogP contribution < -0.4 is 0 Å². The van der Waals surface area contributed by atoms with Gasteiger partial charge in [0.25, 0.3) is 0 Å². The average molecular weight is 453 g/mol. The van der Waals surface area contributed by atoms with Gasteiger partial charge in [-0.2, -0.15) is 4.39 Å². The van der Waals surface area contributed by atoms with E-state index in [0.29, 0.717) is 0 Å². The van der Waals surface area contributed by atoms with E-state index in [1.54, 1.807) is 0 Å². The molecule has 3 aromatic rings. The third-order valence-corrected chi connectivity index (χ3v) is 5.16. The second-order valence-electron chi connectivity index (χ2n) is 7.78. The van der Waals surface area contributed by atoms with Crippen molar-refractivity contribution in [2.45, 2.75) is 51.2 Å². The number of hydrogen-bond acceptors (Lipinski definition) is 5. The van der Waals surface area contributed by atoms with Gasteiger partial charge in [0.15, 0.2) is 6.10 Å². The van der Waals surface area contributed by atoms with Crippen molar-refractivity contribution in [3.05, 3.63) is 108 Å². The first-order valence-electron chi connectivity index (χ1n) is 10.9. The van der Waals surface area contributed by atoms with Crippen molar-refractivity contribution in [1.82, 2.24) is 0 Å². The number of benzene rings is 3. The summed E-state index contributed by atoms with van der Waals surface area (Å²) in [5.74, 6) is 0. The molecule has 0 aliphatic heterocycles. The highest BCUT2D eigenvalue weighted by atomic mass is 19.1. The summed E-state index contributed by atoms with van der Waals surface area (Å²) in [5.41, 5.74) is 2.49. The van der Waals surface area contributed by atoms with Gasteiger partial charge in [-0.25, -0.2) is 0 Å². The molecule has 0 amide bonds. The molecule has 5 nitrogen and oxygen atoms in total. The first-order chi connectivity index (χ1) is 16.0. The van der Waals surface area contributed by atoms with Crippen LogP contribution in [0.2, 0.25) is 0 Å². The fraction of sp³-hybridized carbons (Fsp3) is 0.296. The van der Waals surface area contributed by atoms with Crippen LogP contribution in [0.15, 0.2) is 91.0 Å². The largest absolute Gasteiger partial charge is 0.391 e. The van der Waals surface area contributed by atoms with Crippen molar-refractivity contribution in [2.75, 3.05) is 0 Å². The van der Waals surface area contributed by atoms with E-state index in [9.17, 15) is 14.3 Å². The Labute approximate surface area is 193 Å². The zero-order chi connectivity index (χ0) is 23.5. The monoisotopic (exact) mass is 452 g/mol. The minimum Gasteiger partial charge on any atom is -0.391 e. The van der Waals surface area contributed by atoms with E-state index in [1.807, 2.05) is 91.0 Å². The lowest BCUT2D eigenvalue weighted by molar-refractivity contribution is -0.188. The molecule has 0 spiro atoms. The molecule has 0 saturated heterocycles. The number of hydrogen-bond donors (Lipinski definition) is 1. The molecule has 0 aliphatic carbocycles. The molecule has 0 fully saturated rings. The van der Waals surface area contributed by atoms with Gasteiger partial charge in [-0.05, 0) is 23.6 Å². The van der Waals surface area contributed by atoms with Gasteiger partial charge in [-0.1, -0.05) is 91.0 Å². The van der Waals surface area contributed by atoms with Crippen LogP contribution in [0, 0.1) is 0 Å². The van der Waals surface area contributed by atoms with Crippen molar-refractivity contribution in [3.63, 3.8) is 0 Å². The molecule has 0 aromatic heterocycles. The number of ether oxygens (including phenoxy) is 3. The molecule has 4 atom stereocenters. The topological polar surface area (TPSA) is 65.0 Å². The van der Waals surface area contributed by atoms with Gasteiger partial charge in [-0.15, -0.1) is 0 Å². The van der Waals surface area contributed by atoms with Gasteiger partial charge in [0, 0.05) is 0 Å². The Morgan fingerprint density at radius 1 is 0.697 bits per heavy atom. The fourth-order valence-electron chi connectivity index (χ4n) is 3.45. The van der Waals surface area contributed by atoms with Crippen molar-refractivity contribution in [3.8, 4) is 0 Å². The molecule has 3 rings (SSSR count). The van der Waals surface area contributed by atoms with E-state index in [-0.39, 0.29) is 19.8 Å². The molecular weight excluding hydrogens is 423 g/mol. The molecule has 0 aliphatic rings. The van der Waals surface area contributed by atoms with Crippen molar-refractivity contribution in [1.29, 1.82) is 0 Å². The number of halogens is 1. The predicted octanol–water partition coefficient (Wildman–Crippen LogP) is 4.62. The van der Waals surface area contributed by atoms with Crippen LogP contribution in [0.1, 0.15) is 23.6 Å². The molecule has 1 N–H and O–H groups in total. The van der Waals surface area contributed by atoms with Crippen LogP contribution in [0.5, 0.6) is 0 Å². The molecule has 0 saturated carbocycles. The molecule has 174 valence electrons. The SMILES string of the molecule is C[C@@H](O)[C@H](OCc1ccccc1)[C@H](OCc1ccccc1)[C@@H](OCc1ccccc1)C(=O)F. The molecule has 3 aromatic carbocycles. The van der Waals surface area contributed by atoms with Gasteiger partial charge >= 0.3 is 6.04 Å². The maximum absolute atomic E-state index is 14.3. The van der Waals surface area contributed by atoms with E-state index in [4.69, 9.17) is 14.2 Å². The lowest BCUT2D eigenvalue weighted by Gasteiger charge is -2.33. The lowest BCUT2D eigenvalue weighted by Crippen LogP contribution is -2.50. The summed E-state index contributed by atoms with van der Waals surface area (Å²) in [6, 6.07) is 26.2. The highest BCUT2D eigenvalue weighted by Gasteiger charge is 2.39. The standard InChI is InChI=1S/C27H29FO5/c1-20(29)24(31-17-21-11-5-2-6-12-21)25(32-18-22-13-7-3-8-14-22)26(27(28)30)33-19-23-15-9-4-10-16-23/h2-16,20,24-26,29H,17-19H2,1H3/t20-,24+,25+,26-/m1/s1. The molecule has 0 unspecified atom stereocenters. The van der Waals surface area contributed by atoms with Gasteiger partial charge in [0.05, 0.1) is 25.9 Å². The lowest BCUT2D eigenvalue weighted by atomic mass is 10.0. The Bertz CT molecular complexity index is 950. The van der Waals surface area contributed by atoms with E-state index in [1.165, 1.54) is 6.92 Å². The van der Waals surface area contributed by atoms with Gasteiger partial charge in [-0.3, -0.25) is 4.79 Å². The number of carbonyl (C=O) groups excluding carboxylic acids is 1. The van der Waals surface area contributed by atoms with Gasteiger partial charge in [0.2, 0.25) is 0 Å². The summed E-state index contributed by atoms with van der Waals surface area (Å²) >= 11 is 0.